The molecule has 0 bridgehead atoms. The van der Waals surface area contributed by atoms with Crippen LogP contribution in [0.5, 0.6) is 0 Å². The molecule has 21 heavy (non-hydrogen) atoms. The third-order valence-corrected chi connectivity index (χ3v) is 4.04. The third-order valence-electron chi connectivity index (χ3n) is 4.04. The van der Waals surface area contributed by atoms with Gasteiger partial charge in [-0.25, -0.2) is 4.98 Å². The first-order chi connectivity index (χ1) is 10.3. The highest BCUT2D eigenvalue weighted by Crippen LogP contribution is 2.25. The minimum Gasteiger partial charge on any atom is -0.444 e. The molecule has 1 amide bonds. The molecule has 1 heterocycles. The summed E-state index contributed by atoms with van der Waals surface area (Å²) in [6, 6.07) is 9.68. The van der Waals surface area contributed by atoms with Crippen molar-refractivity contribution in [3.05, 3.63) is 42.3 Å². The Labute approximate surface area is 123 Å². The fourth-order valence-corrected chi connectivity index (χ4v) is 2.84. The van der Waals surface area contributed by atoms with Crippen LogP contribution in [0.2, 0.25) is 0 Å². The zero-order chi connectivity index (χ0) is 14.7. The molecule has 1 fully saturated rings. The zero-order valence-corrected chi connectivity index (χ0v) is 11.8. The molecule has 5 heteroatoms. The zero-order valence-electron chi connectivity index (χ0n) is 11.8. The lowest BCUT2D eigenvalue weighted by Crippen LogP contribution is -2.40. The molecule has 1 aromatic carbocycles. The molecule has 0 saturated heterocycles. The van der Waals surface area contributed by atoms with Crippen molar-refractivity contribution >= 4 is 5.91 Å². The van der Waals surface area contributed by atoms with Gasteiger partial charge in [-0.15, -0.1) is 0 Å². The van der Waals surface area contributed by atoms with E-state index >= 15 is 0 Å². The van der Waals surface area contributed by atoms with Crippen molar-refractivity contribution in [2.45, 2.75) is 25.3 Å². The highest BCUT2D eigenvalue weighted by atomic mass is 16.3. The van der Waals surface area contributed by atoms with Crippen LogP contribution in [0.15, 0.2) is 41.0 Å². The number of benzene rings is 1. The number of nitrogens with one attached hydrogen (secondary N) is 1. The molecule has 1 saturated carbocycles. The van der Waals surface area contributed by atoms with Crippen LogP contribution in [0, 0.1) is 5.92 Å². The Morgan fingerprint density at radius 3 is 2.90 bits per heavy atom. The van der Waals surface area contributed by atoms with Crippen molar-refractivity contribution in [2.24, 2.45) is 11.7 Å². The van der Waals surface area contributed by atoms with Crippen LogP contribution in [0.25, 0.3) is 11.5 Å². The summed E-state index contributed by atoms with van der Waals surface area (Å²) in [6.45, 7) is 0.610. The van der Waals surface area contributed by atoms with Gasteiger partial charge in [0, 0.05) is 11.6 Å². The second kappa shape index (κ2) is 6.10. The molecule has 0 spiro atoms. The number of amides is 1. The van der Waals surface area contributed by atoms with Crippen molar-refractivity contribution in [3.63, 3.8) is 0 Å². The molecule has 2 unspecified atom stereocenters. The summed E-state index contributed by atoms with van der Waals surface area (Å²) in [4.78, 5) is 16.5. The molecular formula is C16H19N3O2. The number of aromatic nitrogens is 1. The van der Waals surface area contributed by atoms with Gasteiger partial charge in [0.25, 0.3) is 5.91 Å². The van der Waals surface area contributed by atoms with Crippen LogP contribution in [-0.4, -0.2) is 23.5 Å². The van der Waals surface area contributed by atoms with Crippen molar-refractivity contribution < 1.29 is 9.21 Å². The second-order valence-corrected chi connectivity index (χ2v) is 5.41. The van der Waals surface area contributed by atoms with E-state index in [-0.39, 0.29) is 11.9 Å². The monoisotopic (exact) mass is 285 g/mol. The van der Waals surface area contributed by atoms with E-state index in [0.29, 0.717) is 24.0 Å². The van der Waals surface area contributed by atoms with Crippen molar-refractivity contribution in [3.8, 4) is 11.5 Å². The van der Waals surface area contributed by atoms with Gasteiger partial charge in [-0.1, -0.05) is 24.6 Å². The van der Waals surface area contributed by atoms with Gasteiger partial charge in [-0.05, 0) is 37.4 Å². The van der Waals surface area contributed by atoms with E-state index in [1.165, 1.54) is 6.26 Å². The average molecular weight is 285 g/mol. The molecule has 5 nitrogen and oxygen atoms in total. The normalized spacial score (nSPS) is 21.4. The van der Waals surface area contributed by atoms with E-state index in [1.54, 1.807) is 0 Å². The lowest BCUT2D eigenvalue weighted by Gasteiger charge is -2.18. The van der Waals surface area contributed by atoms with Crippen LogP contribution in [0.4, 0.5) is 0 Å². The lowest BCUT2D eigenvalue weighted by molar-refractivity contribution is 0.0923. The Bertz CT molecular complexity index is 609. The minimum absolute atomic E-state index is 0.152. The number of rotatable bonds is 4. The molecule has 1 aliphatic rings. The first-order valence-corrected chi connectivity index (χ1v) is 7.30. The van der Waals surface area contributed by atoms with Crippen LogP contribution in [0.1, 0.15) is 29.8 Å². The van der Waals surface area contributed by atoms with Crippen molar-refractivity contribution in [2.75, 3.05) is 6.54 Å². The first-order valence-electron chi connectivity index (χ1n) is 7.30. The largest absolute Gasteiger partial charge is 0.444 e. The molecule has 0 radical (unpaired) electrons. The maximum Gasteiger partial charge on any atom is 0.273 e. The summed E-state index contributed by atoms with van der Waals surface area (Å²) in [5.41, 5.74) is 6.91. The van der Waals surface area contributed by atoms with Crippen LogP contribution in [-0.2, 0) is 0 Å². The summed E-state index contributed by atoms with van der Waals surface area (Å²) in [5, 5.41) is 3.02. The number of nitrogens with zero attached hydrogens (tertiary/aromatic N) is 1. The van der Waals surface area contributed by atoms with Crippen LogP contribution in [0.3, 0.4) is 0 Å². The summed E-state index contributed by atoms with van der Waals surface area (Å²) in [6.07, 6.45) is 4.58. The van der Waals surface area contributed by atoms with E-state index in [1.807, 2.05) is 30.3 Å². The van der Waals surface area contributed by atoms with Crippen molar-refractivity contribution in [1.29, 1.82) is 0 Å². The van der Waals surface area contributed by atoms with Gasteiger partial charge >= 0.3 is 0 Å². The van der Waals surface area contributed by atoms with Gasteiger partial charge < -0.3 is 15.5 Å². The minimum atomic E-state index is -0.189. The van der Waals surface area contributed by atoms with Crippen LogP contribution >= 0.6 is 0 Å². The van der Waals surface area contributed by atoms with Gasteiger partial charge in [-0.3, -0.25) is 4.79 Å². The summed E-state index contributed by atoms with van der Waals surface area (Å²) in [5.74, 6) is 0.642. The predicted molar refractivity (Wildman–Crippen MR) is 79.6 cm³/mol. The van der Waals surface area contributed by atoms with E-state index in [0.717, 1.165) is 24.8 Å². The van der Waals surface area contributed by atoms with Gasteiger partial charge in [0.05, 0.1) is 0 Å². The molecule has 3 N–H and O–H groups in total. The van der Waals surface area contributed by atoms with Gasteiger partial charge in [0.2, 0.25) is 5.89 Å². The Morgan fingerprint density at radius 1 is 1.33 bits per heavy atom. The molecule has 2 aromatic rings. The SMILES string of the molecule is NCC1CCCC1NC(=O)c1coc(-c2ccccc2)n1. The number of hydrogen-bond donors (Lipinski definition) is 2. The summed E-state index contributed by atoms with van der Waals surface area (Å²) >= 11 is 0. The van der Waals surface area contributed by atoms with E-state index in [4.69, 9.17) is 10.2 Å². The smallest absolute Gasteiger partial charge is 0.273 e. The Kier molecular flexibility index (Phi) is 4.01. The van der Waals surface area contributed by atoms with Crippen LogP contribution < -0.4 is 11.1 Å². The fourth-order valence-electron chi connectivity index (χ4n) is 2.84. The Morgan fingerprint density at radius 2 is 2.14 bits per heavy atom. The van der Waals surface area contributed by atoms with E-state index in [2.05, 4.69) is 10.3 Å². The number of carbonyl (C=O) groups excluding carboxylic acids is 1. The Balaban J connectivity index is 1.70. The molecule has 1 aliphatic carbocycles. The maximum atomic E-state index is 12.2. The van der Waals surface area contributed by atoms with Gasteiger partial charge in [0.15, 0.2) is 5.69 Å². The lowest BCUT2D eigenvalue weighted by atomic mass is 10.0. The number of nitrogens with two attached hydrogens (primary N) is 1. The standard InChI is InChI=1S/C16H19N3O2/c17-9-12-7-4-8-13(12)18-15(20)14-10-21-16(19-14)11-5-2-1-3-6-11/h1-3,5-6,10,12-13H,4,7-9,17H2,(H,18,20). The molecule has 3 rings (SSSR count). The maximum absolute atomic E-state index is 12.2. The topological polar surface area (TPSA) is 81.1 Å². The fraction of sp³-hybridized carbons (Fsp3) is 0.375. The molecule has 110 valence electrons. The number of carbonyl (C=O) groups is 1. The predicted octanol–water partition coefficient (Wildman–Crippen LogP) is 2.20. The third kappa shape index (κ3) is 2.97. The summed E-state index contributed by atoms with van der Waals surface area (Å²) < 4.78 is 5.39. The Hall–Kier alpha value is -2.14. The highest BCUT2D eigenvalue weighted by molar-refractivity contribution is 5.92. The molecular weight excluding hydrogens is 266 g/mol. The number of hydrogen-bond acceptors (Lipinski definition) is 4. The molecule has 2 atom stereocenters. The van der Waals surface area contributed by atoms with Gasteiger partial charge in [0.1, 0.15) is 6.26 Å². The van der Waals surface area contributed by atoms with E-state index in [9.17, 15) is 4.79 Å². The quantitative estimate of drug-likeness (QED) is 0.902. The second-order valence-electron chi connectivity index (χ2n) is 5.41. The highest BCUT2D eigenvalue weighted by Gasteiger charge is 2.28. The van der Waals surface area contributed by atoms with Gasteiger partial charge in [-0.2, -0.15) is 0 Å². The average Bonchev–Trinajstić information content (AvgIpc) is 3.17. The van der Waals surface area contributed by atoms with Crippen molar-refractivity contribution in [1.82, 2.24) is 10.3 Å². The first kappa shape index (κ1) is 13.8. The van der Waals surface area contributed by atoms with E-state index < -0.39 is 0 Å². The molecule has 1 aromatic heterocycles. The summed E-state index contributed by atoms with van der Waals surface area (Å²) in [7, 11) is 0. The molecule has 0 aliphatic heterocycles. The number of oxazole rings is 1.